The van der Waals surface area contributed by atoms with E-state index < -0.39 is 0 Å². The lowest BCUT2D eigenvalue weighted by atomic mass is 9.83. The van der Waals surface area contributed by atoms with Gasteiger partial charge in [-0.15, -0.1) is 0 Å². The quantitative estimate of drug-likeness (QED) is 0.851. The van der Waals surface area contributed by atoms with E-state index in [4.69, 9.17) is 4.74 Å². The predicted molar refractivity (Wildman–Crippen MR) is 92.5 cm³/mol. The van der Waals surface area contributed by atoms with Gasteiger partial charge >= 0.3 is 15.4 Å². The molecule has 5 rings (SSSR count). The second-order valence-corrected chi connectivity index (χ2v) is 9.72. The van der Waals surface area contributed by atoms with Crippen molar-refractivity contribution in [2.24, 2.45) is 11.8 Å². The first-order valence-electron chi connectivity index (χ1n) is 9.47. The summed E-state index contributed by atoms with van der Waals surface area (Å²) in [7, 11) is 0. The smallest absolute Gasteiger partial charge is 0.323 e. The highest BCUT2D eigenvalue weighted by atomic mass is 27.1. The van der Waals surface area contributed by atoms with Gasteiger partial charge in [-0.2, -0.15) is 0 Å². The average Bonchev–Trinajstić information content (AvgIpc) is 3.16. The first kappa shape index (κ1) is 15.8. The Morgan fingerprint density at radius 2 is 1.92 bits per heavy atom. The summed E-state index contributed by atoms with van der Waals surface area (Å²) in [6, 6.07) is 6.28. The zero-order valence-electron chi connectivity index (χ0n) is 14.1. The normalized spacial score (nSPS) is 35.7. The number of hydrogen-bond acceptors (Lipinski definition) is 3. The summed E-state index contributed by atoms with van der Waals surface area (Å²) in [4.78, 5) is 2.69. The first-order valence-corrected chi connectivity index (χ1v) is 10.7. The lowest BCUT2D eigenvalue weighted by molar-refractivity contribution is 0.122. The van der Waals surface area contributed by atoms with Crippen LogP contribution in [0.5, 0.6) is 0 Å². The van der Waals surface area contributed by atoms with Crippen LogP contribution in [0.3, 0.4) is 0 Å². The highest BCUT2D eigenvalue weighted by Crippen LogP contribution is 2.40. The van der Waals surface area contributed by atoms with Crippen molar-refractivity contribution < 1.29 is 9.13 Å². The van der Waals surface area contributed by atoms with E-state index in [1.54, 1.807) is 12.1 Å². The Labute approximate surface area is 149 Å². The Kier molecular flexibility index (Phi) is 4.19. The van der Waals surface area contributed by atoms with Gasteiger partial charge in [-0.1, -0.05) is 23.7 Å². The van der Waals surface area contributed by atoms with E-state index in [9.17, 15) is 4.39 Å². The Hall–Kier alpha value is -0.438. The molecule has 2 saturated heterocycles. The van der Waals surface area contributed by atoms with Crippen LogP contribution in [0.2, 0.25) is 4.78 Å². The highest BCUT2D eigenvalue weighted by molar-refractivity contribution is 6.35. The number of ether oxygens (including phenoxy) is 1. The summed E-state index contributed by atoms with van der Waals surface area (Å²) in [5.74, 6) is 1.35. The van der Waals surface area contributed by atoms with Crippen LogP contribution >= 0.6 is 0 Å². The van der Waals surface area contributed by atoms with Gasteiger partial charge in [0.1, 0.15) is 5.82 Å². The summed E-state index contributed by atoms with van der Waals surface area (Å²) < 4.78 is 24.4. The van der Waals surface area contributed by atoms with Crippen LogP contribution in [-0.2, 0) is 11.2 Å². The van der Waals surface area contributed by atoms with E-state index in [0.29, 0.717) is 27.5 Å². The van der Waals surface area contributed by atoms with Gasteiger partial charge in [0, 0.05) is 37.0 Å². The van der Waals surface area contributed by atoms with Crippen molar-refractivity contribution >= 4 is 15.4 Å². The highest BCUT2D eigenvalue weighted by Gasteiger charge is 2.43. The van der Waals surface area contributed by atoms with Gasteiger partial charge < -0.3 is 9.04 Å². The number of fused-ring (bicyclic) bond motifs is 2. The largest absolute Gasteiger partial charge is 0.398 e. The zero-order valence-corrected chi connectivity index (χ0v) is 15.2. The maximum absolute atomic E-state index is 13.9. The minimum Gasteiger partial charge on any atom is -0.398 e. The fraction of sp³-hybridized carbons (Fsp3) is 0.684. The molecule has 2 heterocycles. The second-order valence-electron chi connectivity index (χ2n) is 8.11. The second kappa shape index (κ2) is 6.38. The molecule has 4 atom stereocenters. The number of hydrogen-bond donors (Lipinski definition) is 1. The maximum atomic E-state index is 13.9. The Balaban J connectivity index is 1.40. The van der Waals surface area contributed by atoms with Gasteiger partial charge in [-0.3, -0.25) is 4.90 Å². The minimum absolute atomic E-state index is 0.0886. The molecular formula is C19H25AlFN2O. The van der Waals surface area contributed by atoms with E-state index in [-0.39, 0.29) is 5.82 Å². The molecule has 0 amide bonds. The molecule has 2 aliphatic heterocycles. The molecule has 1 aromatic rings. The number of nitrogens with zero attached hydrogens (tertiary/aromatic N) is 1. The van der Waals surface area contributed by atoms with Gasteiger partial charge in [-0.25, -0.2) is 4.39 Å². The lowest BCUT2D eigenvalue weighted by Crippen LogP contribution is -2.48. The topological polar surface area (TPSA) is 24.5 Å². The van der Waals surface area contributed by atoms with Crippen molar-refractivity contribution in [1.82, 2.24) is 9.20 Å². The van der Waals surface area contributed by atoms with Crippen LogP contribution in [0, 0.1) is 17.7 Å². The molecule has 0 spiro atoms. The SMILES string of the molecule is Fc1ccc2c(c1)C([NH][Al][CH]1CC1)C(N1CC3COCC3C1)CC2. The minimum atomic E-state index is -0.0886. The molecule has 24 heavy (non-hydrogen) atoms. The molecule has 1 N–H and O–H groups in total. The molecule has 5 heteroatoms. The third-order valence-corrected chi connectivity index (χ3v) is 8.10. The van der Waals surface area contributed by atoms with Gasteiger partial charge in [-0.05, 0) is 36.1 Å². The van der Waals surface area contributed by atoms with Gasteiger partial charge in [0.05, 0.1) is 13.2 Å². The zero-order chi connectivity index (χ0) is 16.1. The fourth-order valence-electron chi connectivity index (χ4n) is 4.85. The molecule has 0 aromatic heterocycles. The van der Waals surface area contributed by atoms with Crippen molar-refractivity contribution in [1.29, 1.82) is 0 Å². The number of nitrogens with one attached hydrogen (secondary N) is 1. The van der Waals surface area contributed by atoms with E-state index in [2.05, 4.69) is 9.20 Å². The molecule has 4 aliphatic rings. The Morgan fingerprint density at radius 3 is 2.67 bits per heavy atom. The van der Waals surface area contributed by atoms with Crippen LogP contribution in [-0.4, -0.2) is 52.7 Å². The summed E-state index contributed by atoms with van der Waals surface area (Å²) in [5, 5.41) is 0. The number of rotatable bonds is 4. The molecule has 1 saturated carbocycles. The maximum Gasteiger partial charge on any atom is 0.323 e. The molecule has 1 radical (unpaired) electrons. The van der Waals surface area contributed by atoms with Crippen molar-refractivity contribution in [3.05, 3.63) is 35.1 Å². The first-order chi connectivity index (χ1) is 11.8. The molecule has 2 aliphatic carbocycles. The molecule has 127 valence electrons. The Morgan fingerprint density at radius 1 is 1.12 bits per heavy atom. The fourth-order valence-corrected chi connectivity index (χ4v) is 6.26. The molecule has 3 nitrogen and oxygen atoms in total. The molecular weight excluding hydrogens is 318 g/mol. The number of benzene rings is 1. The molecule has 4 unspecified atom stereocenters. The molecule has 3 fully saturated rings. The van der Waals surface area contributed by atoms with Gasteiger partial charge in [0.25, 0.3) is 0 Å². The standard InChI is InChI=1S/C16H20FN2O.C3H5.Al/c17-13-3-1-10-2-4-15(16(18)14(10)5-13)19-6-11-8-20-9-12(11)7-19;1-2-3-1;/h1,3,5,11-12,15-16,18H,2,4,6-9H2;1H,2-3H2;/q-1;;+1. The van der Waals surface area contributed by atoms with Crippen LogP contribution in [0.25, 0.3) is 0 Å². The van der Waals surface area contributed by atoms with E-state index in [1.807, 2.05) is 6.07 Å². The van der Waals surface area contributed by atoms with Crippen LogP contribution in [0.1, 0.15) is 36.4 Å². The van der Waals surface area contributed by atoms with Crippen LogP contribution < -0.4 is 4.30 Å². The van der Waals surface area contributed by atoms with Crippen molar-refractivity contribution in [2.75, 3.05) is 26.3 Å². The third-order valence-electron chi connectivity index (χ3n) is 6.41. The van der Waals surface area contributed by atoms with Crippen LogP contribution in [0.15, 0.2) is 18.2 Å². The molecule has 0 bridgehead atoms. The molecule has 1 aromatic carbocycles. The lowest BCUT2D eigenvalue weighted by Gasteiger charge is -2.40. The van der Waals surface area contributed by atoms with Gasteiger partial charge in [0.15, 0.2) is 0 Å². The predicted octanol–water partition coefficient (Wildman–Crippen LogP) is 2.55. The summed E-state index contributed by atoms with van der Waals surface area (Å²) in [6.45, 7) is 4.20. The van der Waals surface area contributed by atoms with Crippen LogP contribution in [0.4, 0.5) is 4.39 Å². The van der Waals surface area contributed by atoms with E-state index in [0.717, 1.165) is 49.3 Å². The number of likely N-dealkylation sites (tertiary alicyclic amines) is 1. The van der Waals surface area contributed by atoms with E-state index >= 15 is 0 Å². The summed E-state index contributed by atoms with van der Waals surface area (Å²) in [6.07, 6.45) is 5.06. The van der Waals surface area contributed by atoms with Gasteiger partial charge in [0.2, 0.25) is 0 Å². The van der Waals surface area contributed by atoms with E-state index in [1.165, 1.54) is 30.4 Å². The average molecular weight is 343 g/mol. The monoisotopic (exact) mass is 343 g/mol. The Bertz CT molecular complexity index is 611. The van der Waals surface area contributed by atoms with Crippen molar-refractivity contribution in [3.63, 3.8) is 0 Å². The number of aryl methyl sites for hydroxylation is 1. The summed E-state index contributed by atoms with van der Waals surface area (Å²) in [5.41, 5.74) is 2.58. The van der Waals surface area contributed by atoms with Crippen molar-refractivity contribution in [3.8, 4) is 0 Å². The summed E-state index contributed by atoms with van der Waals surface area (Å²) >= 11 is 0.290. The van der Waals surface area contributed by atoms with Crippen molar-refractivity contribution in [2.45, 2.75) is 42.5 Å². The number of halogens is 1. The third kappa shape index (κ3) is 2.95.